The van der Waals surface area contributed by atoms with Crippen LogP contribution < -0.4 is 16.2 Å². The molecule has 0 radical (unpaired) electrons. The number of hydrogen-bond donors (Lipinski definition) is 3. The lowest BCUT2D eigenvalue weighted by molar-refractivity contribution is -0.135. The second kappa shape index (κ2) is 12.0. The lowest BCUT2D eigenvalue weighted by Crippen LogP contribution is -2.53. The first-order chi connectivity index (χ1) is 19.7. The van der Waals surface area contributed by atoms with Gasteiger partial charge in [-0.15, -0.1) is 0 Å². The molecule has 2 heterocycles. The standard InChI is InChI=1S/C30H32N6O4S/c31-28-23-17-22(13-14-24(23)33-19-34-28)27(29(32)37)26-12-7-15-36(26)30(38)25(16-20-8-3-1-4-9-20)35-41(39,40)18-21-10-5-2-6-11-21/h1-6,8-11,13-14,17,19,25-27,35H,7,12,15-16,18H2,(H2,32,37)(H2,31,33,34)/t25-,26+,27?/m1/s1. The molecule has 3 atom stereocenters. The molecule has 1 unspecified atom stereocenters. The average Bonchev–Trinajstić information content (AvgIpc) is 3.42. The molecule has 10 nitrogen and oxygen atoms in total. The van der Waals surface area contributed by atoms with Gasteiger partial charge < -0.3 is 16.4 Å². The number of carbonyl (C=O) groups excluding carboxylic acids is 2. The fourth-order valence-corrected chi connectivity index (χ4v) is 6.89. The van der Waals surface area contributed by atoms with E-state index in [1.54, 1.807) is 47.4 Å². The van der Waals surface area contributed by atoms with Crippen LogP contribution >= 0.6 is 0 Å². The van der Waals surface area contributed by atoms with E-state index in [1.807, 2.05) is 36.4 Å². The van der Waals surface area contributed by atoms with Crippen LogP contribution in [0, 0.1) is 0 Å². The molecule has 0 spiro atoms. The minimum absolute atomic E-state index is 0.155. The highest BCUT2D eigenvalue weighted by atomic mass is 32.2. The van der Waals surface area contributed by atoms with E-state index in [0.29, 0.717) is 41.4 Å². The van der Waals surface area contributed by atoms with Crippen molar-refractivity contribution in [3.63, 3.8) is 0 Å². The lowest BCUT2D eigenvalue weighted by Gasteiger charge is -2.33. The SMILES string of the molecule is NC(=O)C(c1ccc2ncnc(N)c2c1)[C@@H]1CCCN1C(=O)[C@@H](Cc1ccccc1)NS(=O)(=O)Cc1ccccc1. The summed E-state index contributed by atoms with van der Waals surface area (Å²) < 4.78 is 29.1. The van der Waals surface area contributed by atoms with Crippen molar-refractivity contribution in [2.24, 2.45) is 5.73 Å². The molecular formula is C30H32N6O4S. The number of fused-ring (bicyclic) bond motifs is 1. The van der Waals surface area contributed by atoms with Crippen LogP contribution in [-0.4, -0.2) is 53.7 Å². The summed E-state index contributed by atoms with van der Waals surface area (Å²) in [6.07, 6.45) is 2.70. The predicted molar refractivity (Wildman–Crippen MR) is 157 cm³/mol. The number of hydrogen-bond acceptors (Lipinski definition) is 7. The van der Waals surface area contributed by atoms with Crippen LogP contribution in [0.3, 0.4) is 0 Å². The summed E-state index contributed by atoms with van der Waals surface area (Å²) in [7, 11) is -3.88. The van der Waals surface area contributed by atoms with Crippen molar-refractivity contribution < 1.29 is 18.0 Å². The van der Waals surface area contributed by atoms with E-state index >= 15 is 0 Å². The summed E-state index contributed by atoms with van der Waals surface area (Å²) in [5, 5.41) is 0.586. The van der Waals surface area contributed by atoms with E-state index in [4.69, 9.17) is 11.5 Å². The zero-order valence-corrected chi connectivity index (χ0v) is 23.2. The Balaban J connectivity index is 1.45. The maximum absolute atomic E-state index is 14.1. The normalized spacial score (nSPS) is 16.9. The molecule has 1 aliphatic rings. The summed E-state index contributed by atoms with van der Waals surface area (Å²) in [5.74, 6) is -1.81. The number of sulfonamides is 1. The van der Waals surface area contributed by atoms with Gasteiger partial charge >= 0.3 is 0 Å². The minimum atomic E-state index is -3.88. The van der Waals surface area contributed by atoms with Crippen LogP contribution in [0.2, 0.25) is 0 Å². The monoisotopic (exact) mass is 572 g/mol. The van der Waals surface area contributed by atoms with Crippen molar-refractivity contribution in [3.05, 3.63) is 102 Å². The molecule has 1 fully saturated rings. The molecule has 1 aromatic heterocycles. The van der Waals surface area contributed by atoms with Crippen molar-refractivity contribution >= 4 is 38.6 Å². The lowest BCUT2D eigenvalue weighted by atomic mass is 9.88. The van der Waals surface area contributed by atoms with Crippen molar-refractivity contribution in [1.82, 2.24) is 19.6 Å². The third-order valence-electron chi connectivity index (χ3n) is 7.43. The van der Waals surface area contributed by atoms with Gasteiger partial charge in [-0.2, -0.15) is 0 Å². The molecule has 4 aromatic rings. The summed E-state index contributed by atoms with van der Waals surface area (Å²) in [5.41, 5.74) is 14.6. The first-order valence-corrected chi connectivity index (χ1v) is 15.0. The minimum Gasteiger partial charge on any atom is -0.383 e. The number of carbonyl (C=O) groups is 2. The number of benzene rings is 3. The zero-order valence-electron chi connectivity index (χ0n) is 22.4. The number of nitrogens with two attached hydrogens (primary N) is 2. The Morgan fingerprint density at radius 2 is 1.66 bits per heavy atom. The van der Waals surface area contributed by atoms with E-state index in [2.05, 4.69) is 14.7 Å². The number of anilines is 1. The van der Waals surface area contributed by atoms with Gasteiger partial charge in [0, 0.05) is 18.0 Å². The number of nitrogens with zero attached hydrogens (tertiary/aromatic N) is 3. The van der Waals surface area contributed by atoms with Crippen molar-refractivity contribution in [1.29, 1.82) is 0 Å². The van der Waals surface area contributed by atoms with E-state index in [1.165, 1.54) is 6.33 Å². The second-order valence-electron chi connectivity index (χ2n) is 10.3. The fraction of sp³-hybridized carbons (Fsp3) is 0.267. The molecule has 0 aliphatic carbocycles. The highest BCUT2D eigenvalue weighted by Crippen LogP contribution is 2.34. The Morgan fingerprint density at radius 1 is 0.976 bits per heavy atom. The Bertz CT molecular complexity index is 1650. The molecule has 1 aliphatic heterocycles. The van der Waals surface area contributed by atoms with Crippen molar-refractivity contribution in [2.45, 2.75) is 43.0 Å². The Morgan fingerprint density at radius 3 is 2.34 bits per heavy atom. The Labute approximate surface area is 238 Å². The Kier molecular flexibility index (Phi) is 8.27. The topological polar surface area (TPSA) is 161 Å². The molecule has 3 aromatic carbocycles. The van der Waals surface area contributed by atoms with Crippen LogP contribution in [0.25, 0.3) is 10.9 Å². The fourth-order valence-electron chi connectivity index (χ4n) is 5.56. The molecule has 2 amide bonds. The molecule has 5 rings (SSSR count). The van der Waals surface area contributed by atoms with Gasteiger partial charge in [0.2, 0.25) is 21.8 Å². The van der Waals surface area contributed by atoms with Crippen molar-refractivity contribution in [3.8, 4) is 0 Å². The van der Waals surface area contributed by atoms with Gasteiger partial charge in [0.15, 0.2) is 0 Å². The van der Waals surface area contributed by atoms with Crippen molar-refractivity contribution in [2.75, 3.05) is 12.3 Å². The Hall–Kier alpha value is -4.35. The summed E-state index contributed by atoms with van der Waals surface area (Å²) in [4.78, 5) is 36.9. The smallest absolute Gasteiger partial charge is 0.241 e. The predicted octanol–water partition coefficient (Wildman–Crippen LogP) is 2.50. The van der Waals surface area contributed by atoms with Crippen LogP contribution in [-0.2, 0) is 31.8 Å². The van der Waals surface area contributed by atoms with Gasteiger partial charge in [-0.25, -0.2) is 23.1 Å². The summed E-state index contributed by atoms with van der Waals surface area (Å²) >= 11 is 0. The van der Waals surface area contributed by atoms with Crippen LogP contribution in [0.15, 0.2) is 85.2 Å². The quantitative estimate of drug-likeness (QED) is 0.263. The number of amides is 2. The average molecular weight is 573 g/mol. The number of primary amides is 1. The van der Waals surface area contributed by atoms with Gasteiger partial charge in [0.25, 0.3) is 0 Å². The molecule has 5 N–H and O–H groups in total. The molecule has 41 heavy (non-hydrogen) atoms. The molecule has 0 bridgehead atoms. The number of nitrogen functional groups attached to an aromatic ring is 1. The number of nitrogens with one attached hydrogen (secondary N) is 1. The van der Waals surface area contributed by atoms with E-state index in [9.17, 15) is 18.0 Å². The third kappa shape index (κ3) is 6.53. The molecule has 11 heteroatoms. The van der Waals surface area contributed by atoms with Gasteiger partial charge in [-0.1, -0.05) is 66.7 Å². The maximum atomic E-state index is 14.1. The van der Waals surface area contributed by atoms with Crippen LogP contribution in [0.5, 0.6) is 0 Å². The first-order valence-electron chi connectivity index (χ1n) is 13.4. The number of rotatable bonds is 10. The van der Waals surface area contributed by atoms with Crippen LogP contribution in [0.4, 0.5) is 5.82 Å². The van der Waals surface area contributed by atoms with E-state index in [0.717, 1.165) is 5.56 Å². The zero-order chi connectivity index (χ0) is 29.0. The first kappa shape index (κ1) is 28.2. The van der Waals surface area contributed by atoms with E-state index < -0.39 is 39.8 Å². The highest BCUT2D eigenvalue weighted by Gasteiger charge is 2.41. The van der Waals surface area contributed by atoms with Gasteiger partial charge in [-0.05, 0) is 48.1 Å². The second-order valence-corrected chi connectivity index (χ2v) is 12.0. The summed E-state index contributed by atoms with van der Waals surface area (Å²) in [6, 6.07) is 21.6. The van der Waals surface area contributed by atoms with E-state index in [-0.39, 0.29) is 18.0 Å². The van der Waals surface area contributed by atoms with Gasteiger partial charge in [-0.3, -0.25) is 9.59 Å². The molecular weight excluding hydrogens is 540 g/mol. The largest absolute Gasteiger partial charge is 0.383 e. The summed E-state index contributed by atoms with van der Waals surface area (Å²) in [6.45, 7) is 0.373. The molecule has 0 saturated carbocycles. The third-order valence-corrected chi connectivity index (χ3v) is 8.78. The molecule has 212 valence electrons. The van der Waals surface area contributed by atoms with Gasteiger partial charge in [0.1, 0.15) is 18.2 Å². The molecule has 1 saturated heterocycles. The number of aromatic nitrogens is 2. The van der Waals surface area contributed by atoms with Crippen LogP contribution in [0.1, 0.15) is 35.4 Å². The highest BCUT2D eigenvalue weighted by molar-refractivity contribution is 7.88. The van der Waals surface area contributed by atoms with Gasteiger partial charge in [0.05, 0.1) is 17.2 Å². The number of likely N-dealkylation sites (tertiary alicyclic amines) is 1. The maximum Gasteiger partial charge on any atom is 0.241 e.